The fraction of sp³-hybridized carbons (Fsp3) is 0.348. The Bertz CT molecular complexity index is 1090. The van der Waals surface area contributed by atoms with E-state index in [9.17, 15) is 4.79 Å². The molecule has 1 aromatic heterocycles. The molecule has 0 bridgehead atoms. The van der Waals surface area contributed by atoms with Crippen molar-refractivity contribution in [2.45, 2.75) is 45.6 Å². The lowest BCUT2D eigenvalue weighted by Gasteiger charge is -2.22. The van der Waals surface area contributed by atoms with E-state index in [1.165, 1.54) is 22.3 Å². The van der Waals surface area contributed by atoms with Crippen molar-refractivity contribution >= 4 is 11.7 Å². The average molecular weight is 390 g/mol. The van der Waals surface area contributed by atoms with Crippen molar-refractivity contribution < 1.29 is 10.7 Å². The number of anilines is 1. The normalized spacial score (nSPS) is 17.3. The van der Waals surface area contributed by atoms with Crippen LogP contribution in [0.2, 0.25) is 0 Å². The lowest BCUT2D eigenvalue weighted by molar-refractivity contribution is 0.243. The van der Waals surface area contributed by atoms with Gasteiger partial charge in [0.1, 0.15) is 0 Å². The van der Waals surface area contributed by atoms with Crippen LogP contribution in [-0.2, 0) is 19.3 Å². The molecule has 6 heteroatoms. The summed E-state index contributed by atoms with van der Waals surface area (Å²) >= 11 is 0. The van der Waals surface area contributed by atoms with Gasteiger partial charge in [-0.2, -0.15) is 4.98 Å². The second-order valence-corrected chi connectivity index (χ2v) is 7.85. The molecule has 150 valence electrons. The van der Waals surface area contributed by atoms with Crippen LogP contribution >= 0.6 is 0 Å². The molecule has 0 spiro atoms. The number of rotatable bonds is 3. The zero-order valence-electron chi connectivity index (χ0n) is 16.7. The summed E-state index contributed by atoms with van der Waals surface area (Å²) in [5.74, 6) is 1.27. The van der Waals surface area contributed by atoms with Gasteiger partial charge in [0.05, 0.1) is 6.04 Å². The fourth-order valence-corrected chi connectivity index (χ4v) is 4.35. The van der Waals surface area contributed by atoms with Crippen molar-refractivity contribution in [3.8, 4) is 11.4 Å². The van der Waals surface area contributed by atoms with Gasteiger partial charge in [0, 0.05) is 25.6 Å². The van der Waals surface area contributed by atoms with Crippen LogP contribution in [0.1, 0.15) is 49.0 Å². The maximum absolute atomic E-state index is 13.0. The third-order valence-corrected chi connectivity index (χ3v) is 5.93. The molecule has 2 heterocycles. The van der Waals surface area contributed by atoms with Gasteiger partial charge >= 0.3 is 6.03 Å². The van der Waals surface area contributed by atoms with Gasteiger partial charge in [-0.3, -0.25) is 4.90 Å². The van der Waals surface area contributed by atoms with Crippen LogP contribution in [0.15, 0.2) is 40.9 Å². The van der Waals surface area contributed by atoms with Crippen molar-refractivity contribution in [1.29, 1.82) is 0 Å². The third kappa shape index (κ3) is 3.18. The van der Waals surface area contributed by atoms with Gasteiger partial charge in [-0.25, -0.2) is 4.79 Å². The van der Waals surface area contributed by atoms with Crippen LogP contribution in [0.25, 0.3) is 11.4 Å². The molecule has 5 rings (SSSR count). The van der Waals surface area contributed by atoms with Gasteiger partial charge in [0.25, 0.3) is 0 Å². The molecule has 0 saturated carbocycles. The molecular weight excluding hydrogens is 364 g/mol. The lowest BCUT2D eigenvalue weighted by Crippen LogP contribution is -2.40. The van der Waals surface area contributed by atoms with E-state index in [4.69, 9.17) is 4.52 Å². The number of hydrogen-bond acceptors (Lipinski definition) is 4. The smallest absolute Gasteiger partial charge is 0.322 e. The SMILES string of the molecule is CCc1nc(-c2ccc3c(c2)CC[C@H]3NC(=O)N2CCc3ccc(C)cc32)no1.[HH]. The zero-order chi connectivity index (χ0) is 20.0. The lowest BCUT2D eigenvalue weighted by atomic mass is 10.0. The molecule has 1 N–H and O–H groups in total. The molecule has 1 atom stereocenters. The second kappa shape index (κ2) is 7.03. The molecular formula is C23H26N4O2. The average Bonchev–Trinajstić information content (AvgIpc) is 3.45. The summed E-state index contributed by atoms with van der Waals surface area (Å²) in [4.78, 5) is 19.3. The van der Waals surface area contributed by atoms with Gasteiger partial charge in [-0.15, -0.1) is 0 Å². The molecule has 0 fully saturated rings. The molecule has 2 aromatic carbocycles. The minimum absolute atomic E-state index is 0. The summed E-state index contributed by atoms with van der Waals surface area (Å²) in [5.41, 5.74) is 6.85. The number of amides is 2. The Hall–Kier alpha value is -3.15. The number of aryl methyl sites for hydroxylation is 3. The van der Waals surface area contributed by atoms with Gasteiger partial charge in [-0.05, 0) is 60.6 Å². The maximum Gasteiger partial charge on any atom is 0.322 e. The number of nitrogens with one attached hydrogen (secondary N) is 1. The standard InChI is InChI=1S/C23H24N4O2.H2/c1-3-21-25-22(26-29-21)17-6-8-18-16(13-17)7-9-19(18)24-23(28)27-11-10-15-5-4-14(2)12-20(15)27;/h4-6,8,12-13,19H,3,7,9-11H2,1-2H3,(H,24,28);1H/t19-;/m1./s1. The number of urea groups is 1. The summed E-state index contributed by atoms with van der Waals surface area (Å²) in [7, 11) is 0. The Morgan fingerprint density at radius 2 is 2.14 bits per heavy atom. The Morgan fingerprint density at radius 1 is 1.24 bits per heavy atom. The predicted octanol–water partition coefficient (Wildman–Crippen LogP) is 4.61. The minimum atomic E-state index is -0.0120. The summed E-state index contributed by atoms with van der Waals surface area (Å²) < 4.78 is 5.23. The summed E-state index contributed by atoms with van der Waals surface area (Å²) in [6.07, 6.45) is 3.48. The highest BCUT2D eigenvalue weighted by Crippen LogP contribution is 2.35. The van der Waals surface area contributed by atoms with Gasteiger partial charge in [-0.1, -0.05) is 36.3 Å². The van der Waals surface area contributed by atoms with E-state index in [0.717, 1.165) is 43.5 Å². The van der Waals surface area contributed by atoms with Crippen molar-refractivity contribution in [2.24, 2.45) is 0 Å². The minimum Gasteiger partial charge on any atom is -0.339 e. The van der Waals surface area contributed by atoms with E-state index in [2.05, 4.69) is 52.7 Å². The van der Waals surface area contributed by atoms with Crippen LogP contribution in [0.3, 0.4) is 0 Å². The van der Waals surface area contributed by atoms with Crippen molar-refractivity contribution in [1.82, 2.24) is 15.5 Å². The molecule has 29 heavy (non-hydrogen) atoms. The highest BCUT2D eigenvalue weighted by Gasteiger charge is 2.29. The Morgan fingerprint density at radius 3 is 2.97 bits per heavy atom. The van der Waals surface area contributed by atoms with E-state index in [1.54, 1.807) is 0 Å². The number of carbonyl (C=O) groups is 1. The second-order valence-electron chi connectivity index (χ2n) is 7.85. The molecule has 2 amide bonds. The van der Waals surface area contributed by atoms with E-state index in [1.807, 2.05) is 17.9 Å². The van der Waals surface area contributed by atoms with E-state index in [-0.39, 0.29) is 13.5 Å². The number of nitrogens with zero attached hydrogens (tertiary/aromatic N) is 3. The van der Waals surface area contributed by atoms with E-state index < -0.39 is 0 Å². The van der Waals surface area contributed by atoms with Crippen LogP contribution in [0.5, 0.6) is 0 Å². The monoisotopic (exact) mass is 390 g/mol. The highest BCUT2D eigenvalue weighted by molar-refractivity contribution is 5.94. The molecule has 1 aliphatic heterocycles. The van der Waals surface area contributed by atoms with E-state index in [0.29, 0.717) is 11.7 Å². The first-order chi connectivity index (χ1) is 14.1. The summed E-state index contributed by atoms with van der Waals surface area (Å²) in [6, 6.07) is 12.6. The van der Waals surface area contributed by atoms with Crippen LogP contribution < -0.4 is 10.2 Å². The molecule has 0 unspecified atom stereocenters. The van der Waals surface area contributed by atoms with Crippen LogP contribution in [0.4, 0.5) is 10.5 Å². The van der Waals surface area contributed by atoms with Crippen molar-refractivity contribution in [3.63, 3.8) is 0 Å². The molecule has 3 aromatic rings. The Balaban J connectivity index is 0.00000218. The fourth-order valence-electron chi connectivity index (χ4n) is 4.35. The number of benzene rings is 2. The number of fused-ring (bicyclic) bond motifs is 2. The molecule has 2 aliphatic rings. The number of hydrogen-bond donors (Lipinski definition) is 1. The largest absolute Gasteiger partial charge is 0.339 e. The van der Waals surface area contributed by atoms with Gasteiger partial charge in [0.2, 0.25) is 11.7 Å². The molecule has 1 aliphatic carbocycles. The highest BCUT2D eigenvalue weighted by atomic mass is 16.5. The third-order valence-electron chi connectivity index (χ3n) is 5.93. The quantitative estimate of drug-likeness (QED) is 0.709. The van der Waals surface area contributed by atoms with Crippen molar-refractivity contribution in [2.75, 3.05) is 11.4 Å². The Kier molecular flexibility index (Phi) is 4.34. The van der Waals surface area contributed by atoms with Crippen LogP contribution in [0, 0.1) is 6.92 Å². The number of aromatic nitrogens is 2. The summed E-state index contributed by atoms with van der Waals surface area (Å²) in [6.45, 7) is 4.79. The predicted molar refractivity (Wildman–Crippen MR) is 113 cm³/mol. The molecule has 0 saturated heterocycles. The van der Waals surface area contributed by atoms with Crippen molar-refractivity contribution in [3.05, 3.63) is 64.5 Å². The van der Waals surface area contributed by atoms with Crippen LogP contribution in [-0.4, -0.2) is 22.7 Å². The molecule has 6 nitrogen and oxygen atoms in total. The van der Waals surface area contributed by atoms with E-state index >= 15 is 0 Å². The molecule has 0 radical (unpaired) electrons. The van der Waals surface area contributed by atoms with Gasteiger partial charge < -0.3 is 9.84 Å². The Labute approximate surface area is 171 Å². The topological polar surface area (TPSA) is 71.3 Å². The first-order valence-electron chi connectivity index (χ1n) is 10.3. The first kappa shape index (κ1) is 17.9. The zero-order valence-corrected chi connectivity index (χ0v) is 16.7. The van der Waals surface area contributed by atoms with Gasteiger partial charge in [0.15, 0.2) is 0 Å². The summed E-state index contributed by atoms with van der Waals surface area (Å²) in [5, 5.41) is 7.32. The maximum atomic E-state index is 13.0. The number of carbonyl (C=O) groups excluding carboxylic acids is 1. The first-order valence-corrected chi connectivity index (χ1v) is 10.3.